The molecule has 0 saturated heterocycles. The van der Waals surface area contributed by atoms with Gasteiger partial charge in [0.1, 0.15) is 6.07 Å². The fourth-order valence-corrected chi connectivity index (χ4v) is 8.93. The van der Waals surface area contributed by atoms with E-state index in [1.54, 1.807) is 0 Å². The Kier molecular flexibility index (Phi) is 6.95. The van der Waals surface area contributed by atoms with Crippen molar-refractivity contribution in [3.05, 3.63) is 187 Å². The summed E-state index contributed by atoms with van der Waals surface area (Å²) in [6.45, 7) is 0. The summed E-state index contributed by atoms with van der Waals surface area (Å²) in [5.74, 6) is 0. The normalized spacial score (nSPS) is 11.5. The van der Waals surface area contributed by atoms with Gasteiger partial charge in [-0.2, -0.15) is 15.8 Å². The quantitative estimate of drug-likeness (QED) is 0.181. The molecule has 0 aliphatic heterocycles. The molecule has 0 aliphatic rings. The van der Waals surface area contributed by atoms with Gasteiger partial charge < -0.3 is 13.7 Å². The van der Waals surface area contributed by atoms with Gasteiger partial charge in [0.2, 0.25) is 0 Å². The highest BCUT2D eigenvalue weighted by atomic mass is 15.1. The average molecular weight is 725 g/mol. The minimum absolute atomic E-state index is 0.568. The van der Waals surface area contributed by atoms with Crippen LogP contribution in [0, 0.1) is 34.0 Å². The minimum atomic E-state index is 0.568. The Bertz CT molecular complexity index is 3490. The summed E-state index contributed by atoms with van der Waals surface area (Å²) < 4.78 is 6.81. The summed E-state index contributed by atoms with van der Waals surface area (Å²) >= 11 is 0. The van der Waals surface area contributed by atoms with E-state index in [2.05, 4.69) is 141 Å². The predicted octanol–water partition coefficient (Wildman–Crippen LogP) is 12.3. The van der Waals surface area contributed by atoms with E-state index in [1.165, 1.54) is 0 Å². The summed E-state index contributed by atoms with van der Waals surface area (Å²) in [7, 11) is 0. The van der Waals surface area contributed by atoms with Crippen molar-refractivity contribution in [3.63, 3.8) is 0 Å². The maximum Gasteiger partial charge on any atom is 0.101 e. The third-order valence-electron chi connectivity index (χ3n) is 11.3. The fraction of sp³-hybridized carbons (Fsp3) is 0. The molecule has 3 heterocycles. The van der Waals surface area contributed by atoms with Gasteiger partial charge >= 0.3 is 0 Å². The van der Waals surface area contributed by atoms with Crippen molar-refractivity contribution in [1.82, 2.24) is 13.7 Å². The Morgan fingerprint density at radius 1 is 0.368 bits per heavy atom. The van der Waals surface area contributed by atoms with E-state index in [-0.39, 0.29) is 0 Å². The molecule has 0 unspecified atom stereocenters. The van der Waals surface area contributed by atoms with Crippen LogP contribution < -0.4 is 0 Å². The molecule has 0 aliphatic carbocycles. The lowest BCUT2D eigenvalue weighted by atomic mass is 9.99. The molecule has 6 heteroatoms. The molecule has 3 aromatic heterocycles. The second kappa shape index (κ2) is 12.3. The molecule has 11 rings (SSSR count). The molecular weight excluding hydrogens is 697 g/mol. The van der Waals surface area contributed by atoms with Gasteiger partial charge in [0.05, 0.1) is 73.3 Å². The molecule has 0 N–H and O–H groups in total. The molecule has 11 aromatic rings. The zero-order valence-electron chi connectivity index (χ0n) is 30.3. The summed E-state index contributed by atoms with van der Waals surface area (Å²) in [4.78, 5) is 0. The first-order valence-corrected chi connectivity index (χ1v) is 18.7. The fourth-order valence-electron chi connectivity index (χ4n) is 8.93. The highest BCUT2D eigenvalue weighted by Gasteiger charge is 2.22. The van der Waals surface area contributed by atoms with Gasteiger partial charge in [-0.3, -0.25) is 0 Å². The summed E-state index contributed by atoms with van der Waals surface area (Å²) in [6.07, 6.45) is 0. The number of hydrogen-bond acceptors (Lipinski definition) is 3. The Morgan fingerprint density at radius 3 is 1.46 bits per heavy atom. The molecule has 262 valence electrons. The Morgan fingerprint density at radius 2 is 0.877 bits per heavy atom. The third kappa shape index (κ3) is 4.61. The van der Waals surface area contributed by atoms with Gasteiger partial charge in [-0.25, -0.2) is 0 Å². The maximum absolute atomic E-state index is 10.5. The molecule has 0 atom stereocenters. The van der Waals surface area contributed by atoms with Gasteiger partial charge in [-0.15, -0.1) is 0 Å². The minimum Gasteiger partial charge on any atom is -0.307 e. The van der Waals surface area contributed by atoms with Crippen LogP contribution in [0.4, 0.5) is 0 Å². The van der Waals surface area contributed by atoms with Gasteiger partial charge in [0.15, 0.2) is 0 Å². The van der Waals surface area contributed by atoms with Crippen molar-refractivity contribution in [2.45, 2.75) is 0 Å². The summed E-state index contributed by atoms with van der Waals surface area (Å²) in [5.41, 5.74) is 12.7. The second-order valence-electron chi connectivity index (χ2n) is 14.3. The third-order valence-corrected chi connectivity index (χ3v) is 11.3. The van der Waals surface area contributed by atoms with Crippen LogP contribution in [0.3, 0.4) is 0 Å². The summed E-state index contributed by atoms with van der Waals surface area (Å²) in [6, 6.07) is 64.9. The molecule has 0 fully saturated rings. The zero-order chi connectivity index (χ0) is 38.2. The predicted molar refractivity (Wildman–Crippen MR) is 229 cm³/mol. The zero-order valence-corrected chi connectivity index (χ0v) is 30.3. The van der Waals surface area contributed by atoms with E-state index < -0.39 is 0 Å². The number of rotatable bonds is 4. The van der Waals surface area contributed by atoms with Crippen LogP contribution in [-0.4, -0.2) is 13.7 Å². The van der Waals surface area contributed by atoms with Crippen LogP contribution in [0.1, 0.15) is 16.7 Å². The van der Waals surface area contributed by atoms with Crippen molar-refractivity contribution in [2.24, 2.45) is 0 Å². The van der Waals surface area contributed by atoms with E-state index in [9.17, 15) is 15.8 Å². The Balaban J connectivity index is 1.15. The van der Waals surface area contributed by atoms with Crippen molar-refractivity contribution in [1.29, 1.82) is 15.8 Å². The molecule has 6 nitrogen and oxygen atoms in total. The molecule has 8 aromatic carbocycles. The van der Waals surface area contributed by atoms with Crippen LogP contribution in [0.2, 0.25) is 0 Å². The van der Waals surface area contributed by atoms with Crippen LogP contribution in [-0.2, 0) is 0 Å². The molecular formula is C51H28N6. The van der Waals surface area contributed by atoms with E-state index in [4.69, 9.17) is 0 Å². The van der Waals surface area contributed by atoms with E-state index >= 15 is 0 Å². The van der Waals surface area contributed by atoms with Crippen molar-refractivity contribution in [3.8, 4) is 46.4 Å². The van der Waals surface area contributed by atoms with E-state index in [0.29, 0.717) is 16.7 Å². The Hall–Kier alpha value is -8.37. The lowest BCUT2D eigenvalue weighted by Crippen LogP contribution is -2.02. The van der Waals surface area contributed by atoms with Gasteiger partial charge in [-0.1, -0.05) is 91.0 Å². The topological polar surface area (TPSA) is 86.2 Å². The average Bonchev–Trinajstić information content (AvgIpc) is 3.91. The molecule has 0 bridgehead atoms. The SMILES string of the molecule is N#Cc1ccc2c(c1)c1cc(C#N)ccc1n2-c1cccc2c3ccccc3n(-c3ccc(-c4cccc(C#N)c4-n4c5ccccc5c5ccccc54)cc3)c12. The molecule has 0 radical (unpaired) electrons. The van der Waals surface area contributed by atoms with Crippen molar-refractivity contribution >= 4 is 65.4 Å². The van der Waals surface area contributed by atoms with Crippen LogP contribution in [0.5, 0.6) is 0 Å². The van der Waals surface area contributed by atoms with Crippen LogP contribution in [0.25, 0.3) is 93.6 Å². The van der Waals surface area contributed by atoms with E-state index in [0.717, 1.165) is 93.6 Å². The number of benzene rings is 8. The van der Waals surface area contributed by atoms with Crippen molar-refractivity contribution < 1.29 is 0 Å². The lowest BCUT2D eigenvalue weighted by Gasteiger charge is -2.17. The van der Waals surface area contributed by atoms with Crippen LogP contribution >= 0.6 is 0 Å². The number of nitriles is 3. The smallest absolute Gasteiger partial charge is 0.101 e. The maximum atomic E-state index is 10.5. The second-order valence-corrected chi connectivity index (χ2v) is 14.3. The van der Waals surface area contributed by atoms with E-state index in [1.807, 2.05) is 60.7 Å². The molecule has 0 amide bonds. The summed E-state index contributed by atoms with van der Waals surface area (Å²) in [5, 5.41) is 36.5. The standard InChI is InChI=1S/C51H28N6/c52-29-32-19-25-47-42(27-32)43-28-33(30-53)20-26-48(43)56(47)49-18-8-14-41-40-12-3-4-15-44(40)55(51(41)49)36-23-21-34(22-24-36)37-13-7-9-35(31-54)50(37)57-45-16-5-1-10-38(45)39-11-2-6-17-46(39)57/h1-28H. The lowest BCUT2D eigenvalue weighted by molar-refractivity contribution is 1.13. The number of aromatic nitrogens is 3. The molecule has 57 heavy (non-hydrogen) atoms. The van der Waals surface area contributed by atoms with Gasteiger partial charge in [0, 0.05) is 43.6 Å². The first-order valence-electron chi connectivity index (χ1n) is 18.7. The first-order chi connectivity index (χ1) is 28.2. The number of fused-ring (bicyclic) bond motifs is 9. The Labute approximate surface area is 326 Å². The van der Waals surface area contributed by atoms with Gasteiger partial charge in [-0.05, 0) is 84.4 Å². The highest BCUT2D eigenvalue weighted by molar-refractivity contribution is 6.15. The largest absolute Gasteiger partial charge is 0.307 e. The molecule has 0 spiro atoms. The number of para-hydroxylation sites is 5. The van der Waals surface area contributed by atoms with Crippen LogP contribution in [0.15, 0.2) is 170 Å². The highest BCUT2D eigenvalue weighted by Crippen LogP contribution is 2.42. The first kappa shape index (κ1) is 32.1. The van der Waals surface area contributed by atoms with Gasteiger partial charge in [0.25, 0.3) is 0 Å². The number of nitrogens with zero attached hydrogens (tertiary/aromatic N) is 6. The number of hydrogen-bond donors (Lipinski definition) is 0. The molecule has 0 saturated carbocycles. The monoisotopic (exact) mass is 724 g/mol. The van der Waals surface area contributed by atoms with Crippen molar-refractivity contribution in [2.75, 3.05) is 0 Å².